The third-order valence-corrected chi connectivity index (χ3v) is 4.23. The van der Waals surface area contributed by atoms with Gasteiger partial charge in [-0.05, 0) is 63.0 Å². The fourth-order valence-electron chi connectivity index (χ4n) is 2.75. The third kappa shape index (κ3) is 4.60. The van der Waals surface area contributed by atoms with Crippen molar-refractivity contribution >= 4 is 11.6 Å². The normalized spacial score (nSPS) is 17.3. The molecule has 1 aromatic carbocycles. The lowest BCUT2D eigenvalue weighted by molar-refractivity contribution is -0.184. The number of likely N-dealkylation sites (tertiary alicyclic amines) is 1. The molecule has 1 heterocycles. The second-order valence-electron chi connectivity index (χ2n) is 6.09. The number of amides is 1. The minimum absolute atomic E-state index is 0.0358. The maximum absolute atomic E-state index is 12.6. The Hall–Kier alpha value is -1.76. The summed E-state index contributed by atoms with van der Waals surface area (Å²) in [5, 5.41) is 12.4. The van der Waals surface area contributed by atoms with Crippen LogP contribution in [-0.2, 0) is 4.79 Å². The highest BCUT2D eigenvalue weighted by atomic mass is 19.4. The van der Waals surface area contributed by atoms with Crippen molar-refractivity contribution in [2.24, 2.45) is 5.92 Å². The number of rotatable bonds is 3. The van der Waals surface area contributed by atoms with Crippen molar-refractivity contribution in [3.05, 3.63) is 23.3 Å². The summed E-state index contributed by atoms with van der Waals surface area (Å²) in [7, 11) is 0. The van der Waals surface area contributed by atoms with E-state index >= 15 is 0 Å². The maximum atomic E-state index is 12.6. The molecule has 4 nitrogen and oxygen atoms in total. The van der Waals surface area contributed by atoms with E-state index in [0.29, 0.717) is 11.3 Å². The second kappa shape index (κ2) is 6.78. The molecule has 7 heteroatoms. The quantitative estimate of drug-likeness (QED) is 0.837. The van der Waals surface area contributed by atoms with E-state index in [1.165, 1.54) is 0 Å². The molecule has 1 aromatic rings. The van der Waals surface area contributed by atoms with E-state index in [1.807, 2.05) is 0 Å². The van der Waals surface area contributed by atoms with Crippen LogP contribution in [0.25, 0.3) is 0 Å². The van der Waals surface area contributed by atoms with Crippen LogP contribution in [0.1, 0.15) is 24.0 Å². The molecule has 1 aliphatic heterocycles. The first-order chi connectivity index (χ1) is 10.7. The molecular weight excluding hydrogens is 309 g/mol. The number of hydrogen-bond acceptors (Lipinski definition) is 3. The minimum atomic E-state index is -4.14. The molecule has 0 aliphatic carbocycles. The number of benzene rings is 1. The molecular formula is C16H21F3N2O2. The van der Waals surface area contributed by atoms with Gasteiger partial charge in [-0.25, -0.2) is 0 Å². The van der Waals surface area contributed by atoms with Gasteiger partial charge < -0.3 is 10.4 Å². The number of halogens is 3. The lowest BCUT2D eigenvalue weighted by Gasteiger charge is -2.32. The van der Waals surface area contributed by atoms with Crippen LogP contribution >= 0.6 is 0 Å². The number of carbonyl (C=O) groups is 1. The Kier molecular flexibility index (Phi) is 5.19. The van der Waals surface area contributed by atoms with E-state index in [-0.39, 0.29) is 44.1 Å². The monoisotopic (exact) mass is 330 g/mol. The highest BCUT2D eigenvalue weighted by Crippen LogP contribution is 2.34. The third-order valence-electron chi connectivity index (χ3n) is 4.23. The summed E-state index contributed by atoms with van der Waals surface area (Å²) in [6, 6.07) is 3.25. The molecule has 1 saturated heterocycles. The summed E-state index contributed by atoms with van der Waals surface area (Å²) in [4.78, 5) is 13.8. The van der Waals surface area contributed by atoms with Gasteiger partial charge in [0.2, 0.25) is 5.91 Å². The maximum Gasteiger partial charge on any atom is 0.391 e. The van der Waals surface area contributed by atoms with Gasteiger partial charge in [0.05, 0.1) is 12.5 Å². The van der Waals surface area contributed by atoms with Gasteiger partial charge in [0, 0.05) is 5.69 Å². The van der Waals surface area contributed by atoms with E-state index < -0.39 is 12.1 Å². The Labute approximate surface area is 133 Å². The number of aryl methyl sites for hydroxylation is 2. The van der Waals surface area contributed by atoms with E-state index in [0.717, 1.165) is 5.56 Å². The van der Waals surface area contributed by atoms with E-state index in [4.69, 9.17) is 0 Å². The molecule has 1 fully saturated rings. The van der Waals surface area contributed by atoms with E-state index in [9.17, 15) is 23.1 Å². The van der Waals surface area contributed by atoms with E-state index in [2.05, 4.69) is 5.32 Å². The van der Waals surface area contributed by atoms with Crippen LogP contribution < -0.4 is 5.32 Å². The molecule has 0 aromatic heterocycles. The summed E-state index contributed by atoms with van der Waals surface area (Å²) >= 11 is 0. The zero-order valence-electron chi connectivity index (χ0n) is 13.2. The molecule has 0 atom stereocenters. The lowest BCUT2D eigenvalue weighted by atomic mass is 9.96. The highest BCUT2D eigenvalue weighted by molar-refractivity contribution is 5.93. The van der Waals surface area contributed by atoms with E-state index in [1.54, 1.807) is 30.9 Å². The number of phenolic OH excluding ortho intramolecular Hbond substituents is 1. The summed E-state index contributed by atoms with van der Waals surface area (Å²) in [5.41, 5.74) is 1.99. The first-order valence-electron chi connectivity index (χ1n) is 7.56. The fourth-order valence-corrected chi connectivity index (χ4v) is 2.75. The van der Waals surface area contributed by atoms with Gasteiger partial charge >= 0.3 is 6.18 Å². The van der Waals surface area contributed by atoms with Crippen LogP contribution in [-0.4, -0.2) is 41.7 Å². The molecule has 0 radical (unpaired) electrons. The van der Waals surface area contributed by atoms with Gasteiger partial charge in [0.15, 0.2) is 0 Å². The SMILES string of the molecule is Cc1cc(NC(=O)CN2CCC(C(F)(F)F)CC2)c(C)cc1O. The molecule has 23 heavy (non-hydrogen) atoms. The van der Waals surface area contributed by atoms with Gasteiger partial charge in [-0.2, -0.15) is 13.2 Å². The van der Waals surface area contributed by atoms with Crippen LogP contribution in [0.15, 0.2) is 12.1 Å². The Morgan fingerprint density at radius 2 is 1.87 bits per heavy atom. The number of nitrogens with zero attached hydrogens (tertiary/aromatic N) is 1. The molecule has 128 valence electrons. The molecule has 2 N–H and O–H groups in total. The highest BCUT2D eigenvalue weighted by Gasteiger charge is 2.41. The zero-order valence-corrected chi connectivity index (χ0v) is 13.2. The largest absolute Gasteiger partial charge is 0.508 e. The lowest BCUT2D eigenvalue weighted by Crippen LogP contribution is -2.42. The Morgan fingerprint density at radius 3 is 2.43 bits per heavy atom. The minimum Gasteiger partial charge on any atom is -0.508 e. The Bertz CT molecular complexity index is 579. The number of alkyl halides is 3. The van der Waals surface area contributed by atoms with Crippen molar-refractivity contribution in [2.75, 3.05) is 25.0 Å². The van der Waals surface area contributed by atoms with Crippen molar-refractivity contribution in [1.82, 2.24) is 4.90 Å². The fraction of sp³-hybridized carbons (Fsp3) is 0.562. The summed E-state index contributed by atoms with van der Waals surface area (Å²) in [6.07, 6.45) is -4.07. The Morgan fingerprint density at radius 1 is 1.26 bits per heavy atom. The van der Waals surface area contributed by atoms with Gasteiger partial charge in [-0.1, -0.05) is 0 Å². The van der Waals surface area contributed by atoms with Crippen molar-refractivity contribution in [1.29, 1.82) is 0 Å². The number of hydrogen-bond donors (Lipinski definition) is 2. The van der Waals surface area contributed by atoms with Crippen LogP contribution in [0.2, 0.25) is 0 Å². The number of carbonyl (C=O) groups excluding carboxylic acids is 1. The Balaban J connectivity index is 1.88. The molecule has 1 amide bonds. The van der Waals surface area contributed by atoms with Gasteiger partial charge in [-0.15, -0.1) is 0 Å². The summed E-state index contributed by atoms with van der Waals surface area (Å²) < 4.78 is 37.8. The van der Waals surface area contributed by atoms with Gasteiger partial charge in [0.1, 0.15) is 5.75 Å². The summed E-state index contributed by atoms with van der Waals surface area (Å²) in [5.74, 6) is -1.36. The number of phenols is 1. The van der Waals surface area contributed by atoms with Crippen LogP contribution in [0.3, 0.4) is 0 Å². The first kappa shape index (κ1) is 17.6. The van der Waals surface area contributed by atoms with Crippen molar-refractivity contribution in [3.8, 4) is 5.75 Å². The van der Waals surface area contributed by atoms with Gasteiger partial charge in [-0.3, -0.25) is 9.69 Å². The van der Waals surface area contributed by atoms with Crippen LogP contribution in [0.4, 0.5) is 18.9 Å². The first-order valence-corrected chi connectivity index (χ1v) is 7.56. The molecule has 1 aliphatic rings. The second-order valence-corrected chi connectivity index (χ2v) is 6.09. The summed E-state index contributed by atoms with van der Waals surface area (Å²) in [6.45, 7) is 4.11. The van der Waals surface area contributed by atoms with Crippen molar-refractivity contribution in [2.45, 2.75) is 32.9 Å². The predicted molar refractivity (Wildman–Crippen MR) is 81.4 cm³/mol. The van der Waals surface area contributed by atoms with Crippen LogP contribution in [0.5, 0.6) is 5.75 Å². The standard InChI is InChI=1S/C16H21F3N2O2/c1-10-8-14(22)11(2)7-13(10)20-15(23)9-21-5-3-12(4-6-21)16(17,18)19/h7-8,12,22H,3-6,9H2,1-2H3,(H,20,23). The van der Waals surface area contributed by atoms with Crippen LogP contribution in [0, 0.1) is 19.8 Å². The molecule has 0 bridgehead atoms. The average Bonchev–Trinajstić information content (AvgIpc) is 2.44. The smallest absolute Gasteiger partial charge is 0.391 e. The predicted octanol–water partition coefficient (Wildman–Crippen LogP) is 3.22. The average molecular weight is 330 g/mol. The molecule has 2 rings (SSSR count). The number of aromatic hydroxyl groups is 1. The zero-order chi connectivity index (χ0) is 17.2. The number of anilines is 1. The number of nitrogens with one attached hydrogen (secondary N) is 1. The molecule has 0 unspecified atom stereocenters. The molecule has 0 saturated carbocycles. The van der Waals surface area contributed by atoms with Crippen molar-refractivity contribution < 1.29 is 23.1 Å². The topological polar surface area (TPSA) is 52.6 Å². The van der Waals surface area contributed by atoms with Crippen molar-refractivity contribution in [3.63, 3.8) is 0 Å². The van der Waals surface area contributed by atoms with Gasteiger partial charge in [0.25, 0.3) is 0 Å². The molecule has 0 spiro atoms. The number of piperidine rings is 1.